The molecule has 0 spiro atoms. The number of carbonyl (C=O) groups excluding carboxylic acids is 3. The summed E-state index contributed by atoms with van der Waals surface area (Å²) in [4.78, 5) is 46.8. The minimum atomic E-state index is -1.02. The Bertz CT molecular complexity index is 3880. The summed E-state index contributed by atoms with van der Waals surface area (Å²) in [5, 5.41) is 26.6. The lowest BCUT2D eigenvalue weighted by Crippen LogP contribution is -2.29. The number of hydrogen-bond donors (Lipinski definition) is 2. The van der Waals surface area contributed by atoms with E-state index >= 15 is 0 Å². The van der Waals surface area contributed by atoms with Gasteiger partial charge in [-0.1, -0.05) is 129 Å². The zero-order valence-electron chi connectivity index (χ0n) is 63.4. The molecule has 4 atom stereocenters. The summed E-state index contributed by atoms with van der Waals surface area (Å²) in [6.07, 6.45) is 11.1. The first-order valence-electron chi connectivity index (χ1n) is 36.5. The molecule has 20 heteroatoms. The predicted molar refractivity (Wildman–Crippen MR) is 426 cm³/mol. The van der Waals surface area contributed by atoms with Gasteiger partial charge in [0.2, 0.25) is 0 Å². The fourth-order valence-corrected chi connectivity index (χ4v) is 11.1. The van der Waals surface area contributed by atoms with Gasteiger partial charge in [-0.2, -0.15) is 0 Å². The molecule has 19 nitrogen and oxygen atoms in total. The maximum atomic E-state index is 12.0. The number of carboxylic acids is 1. The number of para-hydroxylation sites is 3. The van der Waals surface area contributed by atoms with Crippen LogP contribution in [0, 0.1) is 0 Å². The Balaban J connectivity index is 0.000000248. The molecule has 0 radical (unpaired) electrons. The lowest BCUT2D eigenvalue weighted by atomic mass is 9.96. The fraction of sp³-hybridized carbons (Fsp3) is 0.409. The van der Waals surface area contributed by atoms with E-state index < -0.39 is 36.1 Å². The van der Waals surface area contributed by atoms with Crippen LogP contribution in [0.1, 0.15) is 102 Å². The molecule has 3 saturated heterocycles. The first-order valence-corrected chi connectivity index (χ1v) is 37.1. The Morgan fingerprint density at radius 2 is 0.870 bits per heavy atom. The molecule has 584 valence electrons. The molecular formula is C88H114ClN2O17+. The number of methoxy groups -OCH3 is 4. The molecule has 11 rings (SSSR count). The average molecular weight is 1510 g/mol. The van der Waals surface area contributed by atoms with Crippen molar-refractivity contribution < 1.29 is 81.9 Å². The molecule has 4 N–H and O–H groups in total. The number of carboxylic acid groups (broad SMARTS) is 1. The summed E-state index contributed by atoms with van der Waals surface area (Å²) in [5.74, 6) is 4.10. The van der Waals surface area contributed by atoms with Crippen LogP contribution in [-0.4, -0.2) is 175 Å². The summed E-state index contributed by atoms with van der Waals surface area (Å²) in [5.41, 5.74) is 11.2. The van der Waals surface area contributed by atoms with E-state index in [2.05, 4.69) is 82.4 Å². The number of aliphatic hydroxyl groups excluding tert-OH is 1. The van der Waals surface area contributed by atoms with Gasteiger partial charge in [0.15, 0.2) is 0 Å². The highest BCUT2D eigenvalue weighted by Gasteiger charge is 2.23. The Kier molecular flexibility index (Phi) is 42.1. The molecule has 0 aliphatic carbocycles. The number of alkyl halides is 1. The second-order valence-electron chi connectivity index (χ2n) is 26.5. The van der Waals surface area contributed by atoms with Crippen LogP contribution >= 0.6 is 11.6 Å². The number of aryl methyl sites for hydroxylation is 9. The molecule has 3 aliphatic rings. The number of esters is 3. The Morgan fingerprint density at radius 1 is 0.491 bits per heavy atom. The number of aliphatic carboxylic acids is 1. The third-order valence-corrected chi connectivity index (χ3v) is 17.7. The number of nitrogens with zero attached hydrogens (tertiary/aromatic N) is 2. The molecule has 0 amide bonds. The number of aliphatic hydroxyl groups is 1. The van der Waals surface area contributed by atoms with Crippen molar-refractivity contribution in [2.75, 3.05) is 102 Å². The van der Waals surface area contributed by atoms with Gasteiger partial charge in [-0.05, 0) is 210 Å². The first kappa shape index (κ1) is 89.2. The topological polar surface area (TPSA) is 237 Å². The highest BCUT2D eigenvalue weighted by molar-refractivity contribution is 6.18. The fourth-order valence-electron chi connectivity index (χ4n) is 10.9. The van der Waals surface area contributed by atoms with Crippen LogP contribution in [0.3, 0.4) is 0 Å². The van der Waals surface area contributed by atoms with Crippen molar-refractivity contribution in [2.45, 2.75) is 135 Å². The number of hydrogen-bond acceptors (Lipinski definition) is 17. The highest BCUT2D eigenvalue weighted by atomic mass is 35.5. The van der Waals surface area contributed by atoms with E-state index in [0.717, 1.165) is 142 Å². The van der Waals surface area contributed by atoms with Gasteiger partial charge in [0, 0.05) is 31.1 Å². The van der Waals surface area contributed by atoms with Crippen molar-refractivity contribution in [3.8, 4) is 40.2 Å². The molecule has 8 aromatic rings. The smallest absolute Gasteiger partial charge is 0.314 e. The van der Waals surface area contributed by atoms with Crippen molar-refractivity contribution in [1.82, 2.24) is 9.80 Å². The van der Waals surface area contributed by atoms with Crippen molar-refractivity contribution in [2.24, 2.45) is 0 Å². The first-order chi connectivity index (χ1) is 51.8. The van der Waals surface area contributed by atoms with Gasteiger partial charge in [-0.25, -0.2) is 0 Å². The molecule has 3 aliphatic heterocycles. The molecule has 3 heterocycles. The number of carbonyl (C=O) groups is 4. The van der Waals surface area contributed by atoms with Crippen molar-refractivity contribution in [3.05, 3.63) is 244 Å². The van der Waals surface area contributed by atoms with E-state index in [9.17, 15) is 24.3 Å². The van der Waals surface area contributed by atoms with Crippen molar-refractivity contribution >= 4 is 35.5 Å². The summed E-state index contributed by atoms with van der Waals surface area (Å²) in [6, 6.07) is 65.0. The third-order valence-electron chi connectivity index (χ3n) is 17.3. The molecular weight excluding hydrogens is 1390 g/mol. The largest absolute Gasteiger partial charge is 0.593 e. The molecule has 0 saturated carbocycles. The minimum absolute atomic E-state index is 0. The second-order valence-corrected chi connectivity index (χ2v) is 26.8. The third kappa shape index (κ3) is 37.4. The molecule has 0 aromatic heterocycles. The maximum Gasteiger partial charge on any atom is 0.314 e. The van der Waals surface area contributed by atoms with Crippen LogP contribution in [0.25, 0.3) is 0 Å². The Hall–Kier alpha value is -9.47. The molecule has 4 unspecified atom stereocenters. The lowest BCUT2D eigenvalue weighted by molar-refractivity contribution is -0.154. The summed E-state index contributed by atoms with van der Waals surface area (Å²) in [7, 11) is 14.6. The van der Waals surface area contributed by atoms with E-state index in [4.69, 9.17) is 64.4 Å². The number of cyclic esters (lactones) is 2. The zero-order valence-corrected chi connectivity index (χ0v) is 64.2. The quantitative estimate of drug-likeness (QED) is 0.0122. The van der Waals surface area contributed by atoms with Crippen LogP contribution < -0.4 is 28.4 Å². The van der Waals surface area contributed by atoms with E-state index in [-0.39, 0.29) is 39.7 Å². The van der Waals surface area contributed by atoms with E-state index in [0.29, 0.717) is 43.3 Å². The van der Waals surface area contributed by atoms with Gasteiger partial charge in [0.25, 0.3) is 5.75 Å². The van der Waals surface area contributed by atoms with E-state index in [1.165, 1.54) is 33.4 Å². The molecule has 8 aromatic carbocycles. The standard InChI is InChI=1S/C25H33NO6.C21H29NO3.C19H22O2.C15H16O2.C4H4O3.C3H5ClO.CH4/c1-26(2)16-15-22(32-25(29)14-13-24(27)28)18-31-23-10-5-4-8-20(23)12-11-19-7-6-9-21(17-19)30-3;1-22(2)14-13-19(23)16-25-21-10-5-4-8-18(21)12-11-17-7-6-9-20(15-17)24-3;1-20-18-8-4-5-15(13-18)9-10-16-6-2-3-7-17(16)11-12-19-14-21-19;1-17-14-7-4-5-12(11-14)9-10-13-6-2-3-8-15(13)16;5-3-1-2-4(6)7-3;4-1-3-2-5-3;/h4-10,17,22H,11-16,18H2,1-3H3,(H,27,28);4-10,15,19,23H,11-14,16H2,1-3H3;2-8,13,19H,9-12,14H2,1H3;2-8,11,16H,9-10H2,1H3;1-2H2;3H,1-2H2;1H4/p+1. The van der Waals surface area contributed by atoms with Gasteiger partial charge in [-0.15, -0.1) is 11.6 Å². The number of rotatable bonds is 36. The molecule has 0 bridgehead atoms. The summed E-state index contributed by atoms with van der Waals surface area (Å²) >= 11 is 5.27. The van der Waals surface area contributed by atoms with Crippen LogP contribution in [0.15, 0.2) is 194 Å². The van der Waals surface area contributed by atoms with Crippen molar-refractivity contribution in [3.63, 3.8) is 0 Å². The van der Waals surface area contributed by atoms with Gasteiger partial charge in [-0.3, -0.25) is 19.2 Å². The van der Waals surface area contributed by atoms with Crippen LogP contribution in [0.5, 0.6) is 40.2 Å². The van der Waals surface area contributed by atoms with E-state index in [1.807, 2.05) is 154 Å². The normalized spacial score (nSPS) is 14.0. The monoisotopic (exact) mass is 1510 g/mol. The van der Waals surface area contributed by atoms with Gasteiger partial charge in [0.05, 0.1) is 91.5 Å². The minimum Gasteiger partial charge on any atom is -0.593 e. The predicted octanol–water partition coefficient (Wildman–Crippen LogP) is 14.6. The number of epoxide rings is 2. The van der Waals surface area contributed by atoms with Crippen LogP contribution in [0.2, 0.25) is 0 Å². The number of halogens is 1. The Morgan fingerprint density at radius 3 is 1.25 bits per heavy atom. The van der Waals surface area contributed by atoms with Gasteiger partial charge in [0.1, 0.15) is 53.8 Å². The summed E-state index contributed by atoms with van der Waals surface area (Å²) < 4.78 is 52.6. The second kappa shape index (κ2) is 51.0. The number of ether oxygens (including phenoxy) is 10. The average Bonchev–Trinajstić information content (AvgIpc) is 1.39. The van der Waals surface area contributed by atoms with Crippen LogP contribution in [0.4, 0.5) is 0 Å². The SMILES string of the molecule is C.COc1cccc(CCc2ccccc2CCC2CO2)c1.COc1cccc(CCc2ccccc2OCC(CCN(C)C)OC(=O)CCC(=O)O)c1.COc1cccc(CCc2ccccc2OCC(O)CCN(C)C)c1.COc1cccc(CCc2ccccc2[OH2+])c1.ClCC1CO1.O=C1CCC(=O)O1. The number of benzene rings is 8. The highest BCUT2D eigenvalue weighted by Crippen LogP contribution is 2.27. The molecule has 3 fully saturated rings. The maximum absolute atomic E-state index is 12.0. The van der Waals surface area contributed by atoms with Crippen molar-refractivity contribution in [1.29, 1.82) is 0 Å². The van der Waals surface area contributed by atoms with Gasteiger partial charge < -0.3 is 72.5 Å². The Labute approximate surface area is 644 Å². The van der Waals surface area contributed by atoms with Gasteiger partial charge >= 0.3 is 23.9 Å². The lowest BCUT2D eigenvalue weighted by Gasteiger charge is -2.21. The van der Waals surface area contributed by atoms with Crippen LogP contribution in [-0.2, 0) is 95.9 Å². The van der Waals surface area contributed by atoms with E-state index in [1.54, 1.807) is 28.4 Å². The zero-order chi connectivity index (χ0) is 77.0. The molecule has 108 heavy (non-hydrogen) atoms. The summed E-state index contributed by atoms with van der Waals surface area (Å²) in [6.45, 7) is 3.93.